The molecule has 6 rings (SSSR count). The maximum Gasteiger partial charge on any atom is 0.312 e. The lowest BCUT2D eigenvalue weighted by molar-refractivity contribution is -0.141. The van der Waals surface area contributed by atoms with E-state index in [1.165, 1.54) is 0 Å². The number of carbonyl (C=O) groups excluding carboxylic acids is 5. The molecule has 19 nitrogen and oxygen atoms in total. The van der Waals surface area contributed by atoms with Gasteiger partial charge < -0.3 is 53.0 Å². The summed E-state index contributed by atoms with van der Waals surface area (Å²) in [6.45, 7) is -0.340. The number of hydrogen-bond donors (Lipinski definition) is 12. The third-order valence-corrected chi connectivity index (χ3v) is 18.3. The molecule has 5 aromatic carbocycles. The van der Waals surface area contributed by atoms with Gasteiger partial charge in [-0.1, -0.05) is 152 Å². The lowest BCUT2D eigenvalue weighted by atomic mass is 10.0. The van der Waals surface area contributed by atoms with Gasteiger partial charge >= 0.3 is 11.9 Å². The van der Waals surface area contributed by atoms with E-state index in [0.29, 0.717) is 5.56 Å². The van der Waals surface area contributed by atoms with Gasteiger partial charge in [0, 0.05) is 19.5 Å². The number of carbonyl (C=O) groups is 7. The van der Waals surface area contributed by atoms with Crippen LogP contribution >= 0.6 is 15.8 Å². The van der Waals surface area contributed by atoms with E-state index in [9.17, 15) is 44.1 Å². The predicted molar refractivity (Wildman–Crippen MR) is 293 cm³/mol. The van der Waals surface area contributed by atoms with Crippen LogP contribution in [0.2, 0.25) is 0 Å². The molecule has 0 radical (unpaired) electrons. The van der Waals surface area contributed by atoms with Crippen molar-refractivity contribution in [3.8, 4) is 0 Å². The lowest BCUT2D eigenvalue weighted by Gasteiger charge is -2.36. The molecule has 0 bridgehead atoms. The van der Waals surface area contributed by atoms with Gasteiger partial charge in [0.15, 0.2) is 5.96 Å². The van der Waals surface area contributed by atoms with Crippen molar-refractivity contribution >= 4 is 84.5 Å². The zero-order valence-corrected chi connectivity index (χ0v) is 43.5. The Hall–Kier alpha value is -7.56. The monoisotopic (exact) mass is 1070 g/mol. The van der Waals surface area contributed by atoms with Crippen molar-refractivity contribution < 1.29 is 48.9 Å². The number of carboxylic acid groups (broad SMARTS) is 2. The van der Waals surface area contributed by atoms with Gasteiger partial charge in [-0.15, -0.1) is 0 Å². The van der Waals surface area contributed by atoms with Crippen LogP contribution in [0.1, 0.15) is 44.1 Å². The van der Waals surface area contributed by atoms with Crippen molar-refractivity contribution in [2.24, 2.45) is 5.73 Å². The standard InChI is InChI=1S/C55H65N9O10P2/c56-55(57)59-32-18-30-41-49(68)60-35-45(65)61-44(34-46(66)67)52(71)64-43(33-36-19-6-1-7-20-36)51(70)63-42(50(69)62-41)29-16-17-31-58-53(72)47(75(37-21-8-2-9-22-37)38-23-10-3-11-24-38)48(54(73)74)76(39-25-12-4-13-26-39)40-27-14-5-15-28-40/h1-15,19-28,41-44,47-49,60,68H,16-18,29-35H2,(H,58,72)(H,61,65)(H,62,69)(H,63,70)(H,64,71)(H,66,67)(H,73,74)(H4,56,57,59)/t41?,42?,43-,44?,47?,48?,49?/m1/s1. The van der Waals surface area contributed by atoms with Crippen molar-refractivity contribution in [2.75, 3.05) is 19.6 Å². The molecule has 76 heavy (non-hydrogen) atoms. The molecule has 1 saturated heterocycles. The molecule has 5 amide bonds. The highest BCUT2D eigenvalue weighted by atomic mass is 31.1. The number of rotatable bonds is 22. The molecule has 1 heterocycles. The fourth-order valence-electron chi connectivity index (χ4n) is 8.85. The number of aliphatic hydroxyl groups is 1. The van der Waals surface area contributed by atoms with E-state index in [2.05, 4.69) is 37.2 Å². The first-order valence-corrected chi connectivity index (χ1v) is 27.8. The Kier molecular flexibility index (Phi) is 22.4. The molecule has 0 aromatic heterocycles. The summed E-state index contributed by atoms with van der Waals surface area (Å²) in [5.41, 5.74) is 3.79. The first-order valence-electron chi connectivity index (χ1n) is 24.9. The van der Waals surface area contributed by atoms with Gasteiger partial charge in [0.1, 0.15) is 30.0 Å². The number of nitrogens with two attached hydrogens (primary N) is 1. The van der Waals surface area contributed by atoms with Crippen LogP contribution in [-0.4, -0.2) is 124 Å². The molecule has 7 atom stereocenters. The SMILES string of the molecule is N=C(N)NCCCC1NC(=O)C(CCCCNC(=O)C(C(C(=O)O)P(c2ccccc2)c2ccccc2)P(c2ccccc2)c2ccccc2)NC(=O)[C@@H](Cc2ccccc2)NC(=O)C(CC(=O)O)NC(=O)CNC1O. The fourth-order valence-corrected chi connectivity index (χ4v) is 14.9. The van der Waals surface area contributed by atoms with E-state index < -0.39 is 112 Å². The second kappa shape index (κ2) is 29.5. The van der Waals surface area contributed by atoms with Gasteiger partial charge in [0.2, 0.25) is 29.5 Å². The minimum absolute atomic E-state index is 0.0154. The third-order valence-electron chi connectivity index (χ3n) is 12.5. The number of benzene rings is 5. The molecular formula is C55H65N9O10P2. The van der Waals surface area contributed by atoms with E-state index in [0.717, 1.165) is 21.2 Å². The Labute approximate surface area is 443 Å². The van der Waals surface area contributed by atoms with E-state index in [-0.39, 0.29) is 57.6 Å². The number of nitrogens with one attached hydrogen (secondary N) is 8. The molecule has 0 aliphatic carbocycles. The molecule has 13 N–H and O–H groups in total. The van der Waals surface area contributed by atoms with E-state index >= 15 is 4.79 Å². The summed E-state index contributed by atoms with van der Waals surface area (Å²) < 4.78 is 0. The number of aliphatic carboxylic acids is 2. The van der Waals surface area contributed by atoms with Crippen LogP contribution in [0.25, 0.3) is 0 Å². The van der Waals surface area contributed by atoms with Crippen LogP contribution in [0, 0.1) is 5.41 Å². The molecule has 1 aliphatic rings. The molecule has 21 heteroatoms. The Bertz CT molecular complexity index is 2640. The van der Waals surface area contributed by atoms with Gasteiger partial charge in [0.25, 0.3) is 0 Å². The van der Waals surface area contributed by atoms with Crippen LogP contribution in [0.3, 0.4) is 0 Å². The van der Waals surface area contributed by atoms with Crippen molar-refractivity contribution in [3.05, 3.63) is 157 Å². The van der Waals surface area contributed by atoms with Crippen molar-refractivity contribution in [1.29, 1.82) is 5.41 Å². The predicted octanol–water partition coefficient (Wildman–Crippen LogP) is 1.20. The van der Waals surface area contributed by atoms with Crippen molar-refractivity contribution in [3.63, 3.8) is 0 Å². The molecular weight excluding hydrogens is 1010 g/mol. The largest absolute Gasteiger partial charge is 0.481 e. The van der Waals surface area contributed by atoms with E-state index in [4.69, 9.17) is 11.1 Å². The molecule has 1 fully saturated rings. The van der Waals surface area contributed by atoms with Gasteiger partial charge in [-0.05, 0) is 74.7 Å². The lowest BCUT2D eigenvalue weighted by Crippen LogP contribution is -2.58. The average molecular weight is 1070 g/mol. The number of amides is 5. The molecule has 400 valence electrons. The zero-order chi connectivity index (χ0) is 54.4. The summed E-state index contributed by atoms with van der Waals surface area (Å²) in [6.07, 6.45) is -1.63. The molecule has 5 aromatic rings. The Morgan fingerprint density at radius 1 is 0.579 bits per heavy atom. The first-order chi connectivity index (χ1) is 36.7. The Morgan fingerprint density at radius 2 is 1.04 bits per heavy atom. The third kappa shape index (κ3) is 17.2. The van der Waals surface area contributed by atoms with Crippen LogP contribution in [0.15, 0.2) is 152 Å². The maximum atomic E-state index is 15.2. The molecule has 0 saturated carbocycles. The van der Waals surface area contributed by atoms with Crippen LogP contribution in [-0.2, 0) is 40.0 Å². The van der Waals surface area contributed by atoms with Crippen molar-refractivity contribution in [1.82, 2.24) is 37.2 Å². The average Bonchev–Trinajstić information content (AvgIpc) is 3.43. The highest BCUT2D eigenvalue weighted by Gasteiger charge is 2.46. The molecule has 0 spiro atoms. The number of aliphatic hydroxyl groups excluding tert-OH is 1. The number of carboxylic acids is 2. The first kappa shape index (κ1) is 57.7. The quantitative estimate of drug-likeness (QED) is 0.0201. The number of unbranched alkanes of at least 4 members (excludes halogenated alkanes) is 1. The highest BCUT2D eigenvalue weighted by molar-refractivity contribution is 7.78. The minimum atomic E-state index is -1.68. The van der Waals surface area contributed by atoms with Crippen molar-refractivity contribution in [2.45, 2.75) is 86.7 Å². The topological polar surface area (TPSA) is 314 Å². The number of hydrogen-bond acceptors (Lipinski definition) is 10. The summed E-state index contributed by atoms with van der Waals surface area (Å²) in [7, 11) is -3.35. The van der Waals surface area contributed by atoms with Gasteiger partial charge in [-0.2, -0.15) is 0 Å². The smallest absolute Gasteiger partial charge is 0.312 e. The summed E-state index contributed by atoms with van der Waals surface area (Å²) in [4.78, 5) is 96.8. The van der Waals surface area contributed by atoms with Gasteiger partial charge in [0.05, 0.1) is 24.7 Å². The summed E-state index contributed by atoms with van der Waals surface area (Å²) in [5.74, 6) is -6.62. The summed E-state index contributed by atoms with van der Waals surface area (Å²) in [6, 6.07) is 41.0. The Balaban J connectivity index is 1.30. The normalized spacial score (nSPS) is 19.3. The summed E-state index contributed by atoms with van der Waals surface area (Å²) in [5, 5.41) is 62.1. The summed E-state index contributed by atoms with van der Waals surface area (Å²) >= 11 is 0. The van der Waals surface area contributed by atoms with Crippen LogP contribution in [0.5, 0.6) is 0 Å². The van der Waals surface area contributed by atoms with Gasteiger partial charge in [-0.3, -0.25) is 44.3 Å². The van der Waals surface area contributed by atoms with Crippen LogP contribution in [0.4, 0.5) is 0 Å². The van der Waals surface area contributed by atoms with E-state index in [1.54, 1.807) is 30.3 Å². The molecule has 6 unspecified atom stereocenters. The second-order valence-electron chi connectivity index (χ2n) is 18.1. The number of guanidine groups is 1. The van der Waals surface area contributed by atoms with E-state index in [1.807, 2.05) is 121 Å². The van der Waals surface area contributed by atoms with Crippen LogP contribution < -0.4 is 64.2 Å². The zero-order valence-electron chi connectivity index (χ0n) is 41.7. The second-order valence-corrected chi connectivity index (χ2v) is 22.7. The molecule has 1 aliphatic heterocycles. The maximum absolute atomic E-state index is 15.2. The fraction of sp³-hybridized carbons (Fsp3) is 0.309. The van der Waals surface area contributed by atoms with Gasteiger partial charge in [-0.25, -0.2) is 0 Å². The highest BCUT2D eigenvalue weighted by Crippen LogP contribution is 2.52. The Morgan fingerprint density at radius 3 is 1.54 bits per heavy atom. The minimum Gasteiger partial charge on any atom is -0.481 e.